The van der Waals surface area contributed by atoms with Gasteiger partial charge in [0.25, 0.3) is 0 Å². The molecule has 102 valence electrons. The van der Waals surface area contributed by atoms with E-state index in [0.29, 0.717) is 12.8 Å². The maximum Gasteiger partial charge on any atom is 0.307 e. The molecular weight excluding hydrogens is 250 g/mol. The second-order valence-corrected chi connectivity index (χ2v) is 5.47. The molecule has 0 spiro atoms. The second-order valence-electron chi connectivity index (χ2n) is 4.56. The van der Waals surface area contributed by atoms with E-state index >= 15 is 0 Å². The molecular formula is C13H21NO3S. The number of carbonyl (C=O) groups is 2. The van der Waals surface area contributed by atoms with Crippen LogP contribution in [0.3, 0.4) is 0 Å². The molecule has 0 heterocycles. The predicted molar refractivity (Wildman–Crippen MR) is 73.6 cm³/mol. The maximum atomic E-state index is 12.1. The van der Waals surface area contributed by atoms with Crippen molar-refractivity contribution < 1.29 is 14.7 Å². The number of carbonyl (C=O) groups excluding carboxylic acids is 1. The molecule has 0 aromatic carbocycles. The van der Waals surface area contributed by atoms with Gasteiger partial charge < -0.3 is 10.4 Å². The Morgan fingerprint density at radius 2 is 2.00 bits per heavy atom. The van der Waals surface area contributed by atoms with Gasteiger partial charge in [0, 0.05) is 11.8 Å². The van der Waals surface area contributed by atoms with Gasteiger partial charge in [0.15, 0.2) is 0 Å². The Bertz CT molecular complexity index is 330. The van der Waals surface area contributed by atoms with Gasteiger partial charge in [-0.3, -0.25) is 9.59 Å². The number of allylic oxidation sites excluding steroid dienone is 2. The van der Waals surface area contributed by atoms with Crippen LogP contribution in [0.5, 0.6) is 0 Å². The number of hydrogen-bond donors (Lipinski definition) is 2. The highest BCUT2D eigenvalue weighted by Crippen LogP contribution is 2.26. The number of carboxylic acid groups (broad SMARTS) is 1. The molecule has 5 heteroatoms. The van der Waals surface area contributed by atoms with Crippen molar-refractivity contribution in [1.82, 2.24) is 5.32 Å². The summed E-state index contributed by atoms with van der Waals surface area (Å²) < 4.78 is 0. The first kappa shape index (κ1) is 15.1. The molecule has 2 N–H and O–H groups in total. The minimum Gasteiger partial charge on any atom is -0.481 e. The zero-order valence-electron chi connectivity index (χ0n) is 10.9. The summed E-state index contributed by atoms with van der Waals surface area (Å²) in [4.78, 5) is 23.3. The second kappa shape index (κ2) is 7.46. The number of nitrogens with one attached hydrogen (secondary N) is 1. The van der Waals surface area contributed by atoms with E-state index in [1.807, 2.05) is 25.3 Å². The average Bonchev–Trinajstić information content (AvgIpc) is 2.38. The van der Waals surface area contributed by atoms with Crippen LogP contribution in [-0.2, 0) is 9.59 Å². The molecule has 18 heavy (non-hydrogen) atoms. The summed E-state index contributed by atoms with van der Waals surface area (Å²) in [5.74, 6) is -1.14. The van der Waals surface area contributed by atoms with Crippen molar-refractivity contribution in [2.75, 3.05) is 12.0 Å². The summed E-state index contributed by atoms with van der Waals surface area (Å²) >= 11 is 1.69. The highest BCUT2D eigenvalue weighted by Gasteiger charge is 2.34. The Labute approximate surface area is 112 Å². The molecule has 4 nitrogen and oxygen atoms in total. The zero-order chi connectivity index (χ0) is 13.5. The van der Waals surface area contributed by atoms with E-state index in [0.717, 1.165) is 12.2 Å². The third kappa shape index (κ3) is 4.05. The van der Waals surface area contributed by atoms with E-state index in [-0.39, 0.29) is 11.9 Å². The lowest BCUT2D eigenvalue weighted by Gasteiger charge is -2.26. The molecule has 1 aliphatic carbocycles. The summed E-state index contributed by atoms with van der Waals surface area (Å²) in [6.45, 7) is 2.02. The van der Waals surface area contributed by atoms with Crippen molar-refractivity contribution in [2.24, 2.45) is 11.8 Å². The summed E-state index contributed by atoms with van der Waals surface area (Å²) in [6.07, 6.45) is 7.59. The molecule has 0 saturated carbocycles. The van der Waals surface area contributed by atoms with Crippen LogP contribution in [0, 0.1) is 11.8 Å². The first-order chi connectivity index (χ1) is 8.60. The maximum absolute atomic E-state index is 12.1. The molecule has 0 aromatic heterocycles. The largest absolute Gasteiger partial charge is 0.481 e. The van der Waals surface area contributed by atoms with Gasteiger partial charge in [0.2, 0.25) is 5.91 Å². The minimum atomic E-state index is -0.877. The fourth-order valence-electron chi connectivity index (χ4n) is 2.15. The van der Waals surface area contributed by atoms with Gasteiger partial charge in [0.1, 0.15) is 0 Å². The Morgan fingerprint density at radius 3 is 2.50 bits per heavy atom. The van der Waals surface area contributed by atoms with Gasteiger partial charge in [-0.25, -0.2) is 0 Å². The topological polar surface area (TPSA) is 66.4 Å². The van der Waals surface area contributed by atoms with E-state index in [4.69, 9.17) is 5.11 Å². The quantitative estimate of drug-likeness (QED) is 0.724. The molecule has 0 saturated heterocycles. The standard InChI is InChI=1S/C13H21NO3S/c1-3-9(8-18-2)14-12(15)10-6-4-5-7-11(10)13(16)17/h4-5,9-11H,3,6-8H2,1-2H3,(H,14,15)(H,16,17). The molecule has 3 atom stereocenters. The third-order valence-electron chi connectivity index (χ3n) is 3.29. The third-order valence-corrected chi connectivity index (χ3v) is 4.03. The van der Waals surface area contributed by atoms with E-state index in [2.05, 4.69) is 5.32 Å². The number of aliphatic carboxylic acids is 1. The van der Waals surface area contributed by atoms with E-state index in [1.54, 1.807) is 11.8 Å². The summed E-state index contributed by atoms with van der Waals surface area (Å²) in [5, 5.41) is 12.1. The number of rotatable bonds is 6. The molecule has 0 fully saturated rings. The van der Waals surface area contributed by atoms with Crippen LogP contribution in [0.4, 0.5) is 0 Å². The van der Waals surface area contributed by atoms with Crippen molar-refractivity contribution in [1.29, 1.82) is 0 Å². The Morgan fingerprint density at radius 1 is 1.39 bits per heavy atom. The van der Waals surface area contributed by atoms with Gasteiger partial charge in [-0.15, -0.1) is 0 Å². The monoisotopic (exact) mass is 271 g/mol. The van der Waals surface area contributed by atoms with Crippen molar-refractivity contribution >= 4 is 23.6 Å². The normalized spacial score (nSPS) is 24.6. The lowest BCUT2D eigenvalue weighted by molar-refractivity contribution is -0.147. The molecule has 0 aliphatic heterocycles. The lowest BCUT2D eigenvalue weighted by atomic mass is 9.82. The molecule has 0 radical (unpaired) electrons. The molecule has 1 rings (SSSR count). The predicted octanol–water partition coefficient (Wildman–Crippen LogP) is 1.91. The number of hydrogen-bond acceptors (Lipinski definition) is 3. The zero-order valence-corrected chi connectivity index (χ0v) is 11.7. The smallest absolute Gasteiger partial charge is 0.307 e. The van der Waals surface area contributed by atoms with Crippen molar-refractivity contribution in [2.45, 2.75) is 32.2 Å². The molecule has 0 bridgehead atoms. The van der Waals surface area contributed by atoms with E-state index < -0.39 is 17.8 Å². The van der Waals surface area contributed by atoms with Crippen LogP contribution in [0.15, 0.2) is 12.2 Å². The number of carboxylic acids is 1. The summed E-state index contributed by atoms with van der Waals surface area (Å²) in [7, 11) is 0. The lowest BCUT2D eigenvalue weighted by Crippen LogP contribution is -2.44. The Hall–Kier alpha value is -0.970. The van der Waals surface area contributed by atoms with Crippen LogP contribution < -0.4 is 5.32 Å². The molecule has 1 aliphatic rings. The van der Waals surface area contributed by atoms with Crippen molar-refractivity contribution in [3.05, 3.63) is 12.2 Å². The van der Waals surface area contributed by atoms with Crippen molar-refractivity contribution in [3.8, 4) is 0 Å². The molecule has 0 aromatic rings. The van der Waals surface area contributed by atoms with Gasteiger partial charge in [0.05, 0.1) is 11.8 Å². The first-order valence-corrected chi connectivity index (χ1v) is 7.66. The van der Waals surface area contributed by atoms with Gasteiger partial charge in [-0.1, -0.05) is 19.1 Å². The van der Waals surface area contributed by atoms with Gasteiger partial charge >= 0.3 is 5.97 Å². The average molecular weight is 271 g/mol. The fraction of sp³-hybridized carbons (Fsp3) is 0.692. The minimum absolute atomic E-state index is 0.118. The number of thioether (sulfide) groups is 1. The summed E-state index contributed by atoms with van der Waals surface area (Å²) in [5.41, 5.74) is 0. The SMILES string of the molecule is CCC(CSC)NC(=O)C1CC=CCC1C(=O)O. The Balaban J connectivity index is 2.63. The van der Waals surface area contributed by atoms with E-state index in [1.165, 1.54) is 0 Å². The number of amides is 1. The highest BCUT2D eigenvalue weighted by molar-refractivity contribution is 7.98. The van der Waals surface area contributed by atoms with Gasteiger partial charge in [-0.05, 0) is 25.5 Å². The van der Waals surface area contributed by atoms with Crippen LogP contribution in [0.25, 0.3) is 0 Å². The van der Waals surface area contributed by atoms with Crippen LogP contribution in [0.2, 0.25) is 0 Å². The van der Waals surface area contributed by atoms with Crippen LogP contribution >= 0.6 is 11.8 Å². The molecule has 3 unspecified atom stereocenters. The van der Waals surface area contributed by atoms with Crippen LogP contribution in [-0.4, -0.2) is 35.0 Å². The highest BCUT2D eigenvalue weighted by atomic mass is 32.2. The van der Waals surface area contributed by atoms with Gasteiger partial charge in [-0.2, -0.15) is 11.8 Å². The Kier molecular flexibility index (Phi) is 6.25. The first-order valence-electron chi connectivity index (χ1n) is 6.27. The van der Waals surface area contributed by atoms with Crippen LogP contribution in [0.1, 0.15) is 26.2 Å². The molecule has 1 amide bonds. The summed E-state index contributed by atoms with van der Waals surface area (Å²) in [6, 6.07) is 0.132. The fourth-order valence-corrected chi connectivity index (χ4v) is 2.87. The van der Waals surface area contributed by atoms with E-state index in [9.17, 15) is 9.59 Å². The van der Waals surface area contributed by atoms with Crippen molar-refractivity contribution in [3.63, 3.8) is 0 Å².